The second-order valence-electron chi connectivity index (χ2n) is 3.27. The Kier molecular flexibility index (Phi) is 3.29. The summed E-state index contributed by atoms with van der Waals surface area (Å²) in [5.74, 6) is 0. The van der Waals surface area contributed by atoms with Crippen LogP contribution in [0.25, 0.3) is 0 Å². The van der Waals surface area contributed by atoms with E-state index in [1.54, 1.807) is 0 Å². The van der Waals surface area contributed by atoms with E-state index in [2.05, 4.69) is 32.9 Å². The summed E-state index contributed by atoms with van der Waals surface area (Å²) < 4.78 is 0. The first-order chi connectivity index (χ1) is 5.69. The van der Waals surface area contributed by atoms with E-state index in [-0.39, 0.29) is 0 Å². The van der Waals surface area contributed by atoms with Gasteiger partial charge in [0.05, 0.1) is 5.30 Å². The van der Waals surface area contributed by atoms with E-state index in [4.69, 9.17) is 0 Å². The molecule has 1 atom stereocenters. The highest BCUT2D eigenvalue weighted by Gasteiger charge is 2.06. The topological polar surface area (TPSA) is 0 Å². The Morgan fingerprint density at radius 2 is 1.50 bits per heavy atom. The summed E-state index contributed by atoms with van der Waals surface area (Å²) in [6, 6.07) is 4.61. The number of benzene rings is 1. The van der Waals surface area contributed by atoms with Gasteiger partial charge in [-0.25, -0.2) is 0 Å². The fraction of sp³-hybridized carbons (Fsp3) is 0.455. The molecule has 12 heavy (non-hydrogen) atoms. The quantitative estimate of drug-likeness (QED) is 0.614. The van der Waals surface area contributed by atoms with Gasteiger partial charge in [-0.15, -0.1) is 0 Å². The fourth-order valence-corrected chi connectivity index (χ4v) is 2.31. The lowest BCUT2D eigenvalue weighted by Crippen LogP contribution is -2.07. The Bertz CT molecular complexity index is 251. The third-order valence-electron chi connectivity index (χ3n) is 2.34. The van der Waals surface area contributed by atoms with Crippen LogP contribution < -0.4 is 5.30 Å². The van der Waals surface area contributed by atoms with Crippen LogP contribution in [0.5, 0.6) is 0 Å². The summed E-state index contributed by atoms with van der Waals surface area (Å²) in [5.41, 5.74) is 4.44. The molecule has 0 aliphatic carbocycles. The molecular formula is C11H18P+. The van der Waals surface area contributed by atoms with Crippen LogP contribution in [0.1, 0.15) is 30.5 Å². The van der Waals surface area contributed by atoms with Crippen LogP contribution in [0.4, 0.5) is 0 Å². The highest BCUT2D eigenvalue weighted by molar-refractivity contribution is 7.27. The minimum Gasteiger partial charge on any atom is -0.0611 e. The third kappa shape index (κ3) is 1.87. The van der Waals surface area contributed by atoms with Gasteiger partial charge in [-0.05, 0) is 30.9 Å². The van der Waals surface area contributed by atoms with Crippen LogP contribution in [-0.2, 0) is 12.8 Å². The monoisotopic (exact) mass is 181 g/mol. The zero-order valence-electron chi connectivity index (χ0n) is 8.28. The van der Waals surface area contributed by atoms with Crippen molar-refractivity contribution in [1.29, 1.82) is 0 Å². The predicted molar refractivity (Wildman–Crippen MR) is 60.7 cm³/mol. The fourth-order valence-electron chi connectivity index (χ4n) is 1.60. The molecule has 0 radical (unpaired) electrons. The van der Waals surface area contributed by atoms with E-state index in [0.717, 1.165) is 12.8 Å². The van der Waals surface area contributed by atoms with Crippen molar-refractivity contribution in [2.75, 3.05) is 0 Å². The van der Waals surface area contributed by atoms with Gasteiger partial charge >= 0.3 is 0 Å². The van der Waals surface area contributed by atoms with Crippen molar-refractivity contribution >= 4 is 14.5 Å². The molecule has 0 aliphatic rings. The minimum absolute atomic E-state index is 1.16. The van der Waals surface area contributed by atoms with E-state index in [9.17, 15) is 0 Å². The largest absolute Gasteiger partial charge is 0.0928 e. The smallest absolute Gasteiger partial charge is 0.0611 e. The van der Waals surface area contributed by atoms with Gasteiger partial charge in [0.15, 0.2) is 0 Å². The Morgan fingerprint density at radius 3 is 1.83 bits per heavy atom. The summed E-state index contributed by atoms with van der Waals surface area (Å²) in [7, 11) is 2.03. The Hall–Kier alpha value is -0.350. The predicted octanol–water partition coefficient (Wildman–Crippen LogP) is 2.35. The summed E-state index contributed by atoms with van der Waals surface area (Å²) in [4.78, 5) is 0. The lowest BCUT2D eigenvalue weighted by atomic mass is 10.0. The van der Waals surface area contributed by atoms with Gasteiger partial charge in [0.25, 0.3) is 0 Å². The van der Waals surface area contributed by atoms with Gasteiger partial charge in [0.2, 0.25) is 0 Å². The zero-order chi connectivity index (χ0) is 9.14. The van der Waals surface area contributed by atoms with Crippen molar-refractivity contribution in [1.82, 2.24) is 0 Å². The molecule has 0 nitrogen and oxygen atoms in total. The average Bonchev–Trinajstić information content (AvgIpc) is 2.08. The summed E-state index contributed by atoms with van der Waals surface area (Å²) in [5, 5.41) is 1.52. The van der Waals surface area contributed by atoms with Gasteiger partial charge < -0.3 is 0 Å². The molecule has 0 aliphatic heterocycles. The first kappa shape index (κ1) is 9.74. The number of aryl methyl sites for hydroxylation is 3. The van der Waals surface area contributed by atoms with Crippen molar-refractivity contribution < 1.29 is 0 Å². The average molecular weight is 181 g/mol. The zero-order valence-corrected chi connectivity index (χ0v) is 9.69. The second-order valence-corrected chi connectivity index (χ2v) is 3.98. The van der Waals surface area contributed by atoms with Gasteiger partial charge in [-0.2, -0.15) is 0 Å². The standard InChI is InChI=1S/C11H17P/c1-4-9-6-8(3)7-10(5-2)11(9)12/h6-7H,4-5,12H2,1-3H3/p+1. The summed E-state index contributed by atoms with van der Waals surface area (Å²) in [6.45, 7) is 6.64. The van der Waals surface area contributed by atoms with Gasteiger partial charge in [0, 0.05) is 9.24 Å². The Morgan fingerprint density at radius 1 is 1.08 bits per heavy atom. The normalized spacial score (nSPS) is 10.6. The van der Waals surface area contributed by atoms with Crippen LogP contribution in [0.15, 0.2) is 12.1 Å². The van der Waals surface area contributed by atoms with Crippen LogP contribution in [-0.4, -0.2) is 0 Å². The van der Waals surface area contributed by atoms with Gasteiger partial charge in [0.1, 0.15) is 0 Å². The van der Waals surface area contributed by atoms with Gasteiger partial charge in [-0.3, -0.25) is 0 Å². The molecule has 0 fully saturated rings. The molecule has 1 rings (SSSR count). The van der Waals surface area contributed by atoms with Gasteiger partial charge in [-0.1, -0.05) is 31.5 Å². The maximum atomic E-state index is 2.31. The first-order valence-corrected chi connectivity index (χ1v) is 5.34. The molecule has 1 aromatic carbocycles. The Balaban J connectivity index is 3.22. The molecule has 0 aromatic heterocycles. The third-order valence-corrected chi connectivity index (χ3v) is 3.25. The van der Waals surface area contributed by atoms with Crippen LogP contribution in [0.3, 0.4) is 0 Å². The molecule has 1 unspecified atom stereocenters. The molecule has 1 aromatic rings. The SMILES string of the molecule is CCc1cc(C)cc(CC)c1[PH3+]. The van der Waals surface area contributed by atoms with Crippen molar-refractivity contribution in [2.45, 2.75) is 33.6 Å². The molecule has 0 heterocycles. The molecular weight excluding hydrogens is 163 g/mol. The van der Waals surface area contributed by atoms with E-state index < -0.39 is 0 Å². The van der Waals surface area contributed by atoms with Crippen molar-refractivity contribution in [3.63, 3.8) is 0 Å². The molecule has 0 spiro atoms. The van der Waals surface area contributed by atoms with Crippen LogP contribution in [0, 0.1) is 6.92 Å². The van der Waals surface area contributed by atoms with E-state index in [0.29, 0.717) is 0 Å². The molecule has 0 N–H and O–H groups in total. The maximum absolute atomic E-state index is 2.31. The van der Waals surface area contributed by atoms with Crippen LogP contribution >= 0.6 is 9.24 Å². The lowest BCUT2D eigenvalue weighted by molar-refractivity contribution is 1.10. The van der Waals surface area contributed by atoms with Crippen molar-refractivity contribution in [3.05, 3.63) is 28.8 Å². The highest BCUT2D eigenvalue weighted by atomic mass is 31.0. The molecule has 1 heteroatoms. The van der Waals surface area contributed by atoms with Crippen LogP contribution in [0.2, 0.25) is 0 Å². The molecule has 0 saturated heterocycles. The molecule has 0 bridgehead atoms. The number of hydrogen-bond donors (Lipinski definition) is 0. The molecule has 0 saturated carbocycles. The number of rotatable bonds is 2. The lowest BCUT2D eigenvalue weighted by Gasteiger charge is -2.05. The van der Waals surface area contributed by atoms with Crippen molar-refractivity contribution in [3.8, 4) is 0 Å². The van der Waals surface area contributed by atoms with E-state index >= 15 is 0 Å². The first-order valence-electron chi connectivity index (χ1n) is 4.63. The molecule has 0 amide bonds. The van der Waals surface area contributed by atoms with Crippen molar-refractivity contribution in [2.24, 2.45) is 0 Å². The number of hydrogen-bond acceptors (Lipinski definition) is 0. The maximum Gasteiger partial charge on any atom is 0.0928 e. The summed E-state index contributed by atoms with van der Waals surface area (Å²) in [6.07, 6.45) is 2.32. The second kappa shape index (κ2) is 4.05. The summed E-state index contributed by atoms with van der Waals surface area (Å²) >= 11 is 0. The Labute approximate surface area is 77.6 Å². The molecule has 66 valence electrons. The minimum atomic E-state index is 1.16. The van der Waals surface area contributed by atoms with E-state index in [1.807, 2.05) is 9.24 Å². The van der Waals surface area contributed by atoms with E-state index in [1.165, 1.54) is 22.0 Å². The highest BCUT2D eigenvalue weighted by Crippen LogP contribution is 2.11.